The molecule has 2 aromatic carbocycles. The fraction of sp³-hybridized carbons (Fsp3) is 0.188. The smallest absolute Gasteiger partial charge is 0.140 e. The van der Waals surface area contributed by atoms with Crippen LogP contribution in [-0.2, 0) is 6.61 Å². The number of rotatable bonds is 4. The Hall–Kier alpha value is -1.91. The lowest BCUT2D eigenvalue weighted by molar-refractivity contribution is 0.305. The van der Waals surface area contributed by atoms with Gasteiger partial charge in [0.25, 0.3) is 0 Å². The Kier molecular flexibility index (Phi) is 3.67. The first-order valence-corrected chi connectivity index (χ1v) is 7.42. The summed E-state index contributed by atoms with van der Waals surface area (Å²) in [5.74, 6) is 0.869. The van der Waals surface area contributed by atoms with Gasteiger partial charge in [-0.25, -0.2) is 4.98 Å². The molecule has 1 unspecified atom stereocenters. The van der Waals surface area contributed by atoms with Crippen LogP contribution in [0.3, 0.4) is 0 Å². The summed E-state index contributed by atoms with van der Waals surface area (Å²) in [6, 6.07) is 12.3. The van der Waals surface area contributed by atoms with Gasteiger partial charge in [-0.2, -0.15) is 0 Å². The van der Waals surface area contributed by atoms with Crippen LogP contribution in [-0.4, -0.2) is 4.98 Å². The highest BCUT2D eigenvalue weighted by Crippen LogP contribution is 2.33. The molecule has 0 saturated carbocycles. The Labute approximate surface area is 122 Å². The summed E-state index contributed by atoms with van der Waals surface area (Å²) >= 11 is 1.59. The molecule has 1 aromatic heterocycles. The molecule has 0 bridgehead atoms. The van der Waals surface area contributed by atoms with E-state index in [0.29, 0.717) is 6.61 Å². The number of thiazole rings is 1. The zero-order valence-corrected chi connectivity index (χ0v) is 12.1. The van der Waals surface area contributed by atoms with Gasteiger partial charge in [0.05, 0.1) is 0 Å². The van der Waals surface area contributed by atoms with Crippen molar-refractivity contribution in [3.63, 3.8) is 0 Å². The molecule has 4 heteroatoms. The van der Waals surface area contributed by atoms with Crippen LogP contribution in [0, 0.1) is 0 Å². The summed E-state index contributed by atoms with van der Waals surface area (Å²) in [5.41, 5.74) is 7.09. The molecular formula is C16H16N2OS. The molecule has 0 aliphatic heterocycles. The van der Waals surface area contributed by atoms with Crippen molar-refractivity contribution in [1.29, 1.82) is 0 Å². The van der Waals surface area contributed by atoms with E-state index in [9.17, 15) is 0 Å². The maximum Gasteiger partial charge on any atom is 0.140 e. The molecule has 3 aromatic rings. The molecule has 2 N–H and O–H groups in total. The fourth-order valence-corrected chi connectivity index (χ4v) is 2.77. The summed E-state index contributed by atoms with van der Waals surface area (Å²) in [5, 5.41) is 5.17. The second-order valence-corrected chi connectivity index (χ2v) is 5.69. The minimum Gasteiger partial charge on any atom is -0.485 e. The Morgan fingerprint density at radius 1 is 1.25 bits per heavy atom. The van der Waals surface area contributed by atoms with Gasteiger partial charge in [0.2, 0.25) is 0 Å². The Morgan fingerprint density at radius 3 is 2.85 bits per heavy atom. The van der Waals surface area contributed by atoms with E-state index in [0.717, 1.165) is 27.1 Å². The quantitative estimate of drug-likeness (QED) is 0.790. The summed E-state index contributed by atoms with van der Waals surface area (Å²) in [6.07, 6.45) is 1.79. The molecular weight excluding hydrogens is 268 g/mol. The number of nitrogens with two attached hydrogens (primary N) is 1. The van der Waals surface area contributed by atoms with Crippen molar-refractivity contribution in [1.82, 2.24) is 4.98 Å². The maximum absolute atomic E-state index is 6.06. The van der Waals surface area contributed by atoms with Crippen molar-refractivity contribution >= 4 is 22.1 Å². The number of hydrogen-bond acceptors (Lipinski definition) is 4. The molecule has 3 rings (SSSR count). The third-order valence-electron chi connectivity index (χ3n) is 3.22. The van der Waals surface area contributed by atoms with Gasteiger partial charge in [-0.1, -0.05) is 36.4 Å². The summed E-state index contributed by atoms with van der Waals surface area (Å²) in [6.45, 7) is 2.45. The number of hydrogen-bond donors (Lipinski definition) is 1. The highest BCUT2D eigenvalue weighted by Gasteiger charge is 2.12. The number of nitrogens with zero attached hydrogens (tertiary/aromatic N) is 1. The minimum absolute atomic E-state index is 0.0640. The SMILES string of the molecule is CC(N)c1ccc2ccccc2c1OCc1nccs1. The van der Waals surface area contributed by atoms with Gasteiger partial charge in [0, 0.05) is 28.6 Å². The van der Waals surface area contributed by atoms with Crippen molar-refractivity contribution in [3.8, 4) is 5.75 Å². The van der Waals surface area contributed by atoms with Gasteiger partial charge in [-0.05, 0) is 12.3 Å². The third-order valence-corrected chi connectivity index (χ3v) is 3.98. The van der Waals surface area contributed by atoms with E-state index in [1.54, 1.807) is 17.5 Å². The van der Waals surface area contributed by atoms with Crippen LogP contribution in [0.4, 0.5) is 0 Å². The molecule has 0 spiro atoms. The standard InChI is InChI=1S/C16H16N2OS/c1-11(17)13-7-6-12-4-2-3-5-14(12)16(13)19-10-15-18-8-9-20-15/h2-9,11H,10,17H2,1H3. The molecule has 0 amide bonds. The van der Waals surface area contributed by atoms with Gasteiger partial charge < -0.3 is 10.5 Å². The van der Waals surface area contributed by atoms with E-state index >= 15 is 0 Å². The van der Waals surface area contributed by atoms with E-state index in [-0.39, 0.29) is 6.04 Å². The van der Waals surface area contributed by atoms with Gasteiger partial charge in [0.1, 0.15) is 17.4 Å². The molecule has 3 nitrogen and oxygen atoms in total. The Bertz CT molecular complexity index is 708. The molecule has 1 heterocycles. The first kappa shape index (κ1) is 13.1. The predicted octanol–water partition coefficient (Wildman–Crippen LogP) is 3.90. The molecule has 0 saturated heterocycles. The summed E-state index contributed by atoms with van der Waals surface area (Å²) in [7, 11) is 0. The Balaban J connectivity index is 2.03. The van der Waals surface area contributed by atoms with Crippen LogP contribution in [0.25, 0.3) is 10.8 Å². The van der Waals surface area contributed by atoms with Crippen molar-refractivity contribution < 1.29 is 4.74 Å². The van der Waals surface area contributed by atoms with Crippen LogP contribution < -0.4 is 10.5 Å². The molecule has 102 valence electrons. The Morgan fingerprint density at radius 2 is 2.10 bits per heavy atom. The lowest BCUT2D eigenvalue weighted by atomic mass is 10.0. The van der Waals surface area contributed by atoms with Crippen LogP contribution >= 0.6 is 11.3 Å². The minimum atomic E-state index is -0.0640. The zero-order valence-electron chi connectivity index (χ0n) is 11.2. The zero-order chi connectivity index (χ0) is 13.9. The maximum atomic E-state index is 6.06. The number of fused-ring (bicyclic) bond motifs is 1. The molecule has 0 aliphatic rings. The largest absolute Gasteiger partial charge is 0.485 e. The second kappa shape index (κ2) is 5.61. The topological polar surface area (TPSA) is 48.1 Å². The normalized spacial score (nSPS) is 12.5. The first-order chi connectivity index (χ1) is 9.75. The second-order valence-electron chi connectivity index (χ2n) is 4.71. The first-order valence-electron chi connectivity index (χ1n) is 6.54. The molecule has 0 aliphatic carbocycles. The van der Waals surface area contributed by atoms with Gasteiger partial charge in [-0.3, -0.25) is 0 Å². The van der Waals surface area contributed by atoms with E-state index in [4.69, 9.17) is 10.5 Å². The van der Waals surface area contributed by atoms with E-state index < -0.39 is 0 Å². The monoisotopic (exact) mass is 284 g/mol. The van der Waals surface area contributed by atoms with Crippen molar-refractivity contribution in [2.75, 3.05) is 0 Å². The highest BCUT2D eigenvalue weighted by molar-refractivity contribution is 7.09. The van der Waals surface area contributed by atoms with Gasteiger partial charge in [-0.15, -0.1) is 11.3 Å². The van der Waals surface area contributed by atoms with Gasteiger partial charge in [0.15, 0.2) is 0 Å². The van der Waals surface area contributed by atoms with Crippen LogP contribution in [0.2, 0.25) is 0 Å². The average Bonchev–Trinajstić information content (AvgIpc) is 2.97. The van der Waals surface area contributed by atoms with Crippen molar-refractivity contribution in [3.05, 3.63) is 58.5 Å². The van der Waals surface area contributed by atoms with Crippen molar-refractivity contribution in [2.24, 2.45) is 5.73 Å². The third kappa shape index (κ3) is 2.53. The predicted molar refractivity (Wildman–Crippen MR) is 83.0 cm³/mol. The summed E-state index contributed by atoms with van der Waals surface area (Å²) in [4.78, 5) is 4.25. The van der Waals surface area contributed by atoms with E-state index in [1.165, 1.54) is 0 Å². The lowest BCUT2D eigenvalue weighted by Gasteiger charge is -2.16. The fourth-order valence-electron chi connectivity index (χ4n) is 2.24. The van der Waals surface area contributed by atoms with Crippen LogP contribution in [0.15, 0.2) is 48.0 Å². The van der Waals surface area contributed by atoms with Crippen LogP contribution in [0.1, 0.15) is 23.5 Å². The average molecular weight is 284 g/mol. The number of aromatic nitrogens is 1. The van der Waals surface area contributed by atoms with Gasteiger partial charge >= 0.3 is 0 Å². The van der Waals surface area contributed by atoms with Crippen LogP contribution in [0.5, 0.6) is 5.75 Å². The lowest BCUT2D eigenvalue weighted by Crippen LogP contribution is -2.08. The highest BCUT2D eigenvalue weighted by atomic mass is 32.1. The summed E-state index contributed by atoms with van der Waals surface area (Å²) < 4.78 is 6.02. The van der Waals surface area contributed by atoms with Crippen molar-refractivity contribution in [2.45, 2.75) is 19.6 Å². The molecule has 1 atom stereocenters. The molecule has 0 radical (unpaired) electrons. The van der Waals surface area contributed by atoms with E-state index in [1.807, 2.05) is 30.5 Å². The number of benzene rings is 2. The van der Waals surface area contributed by atoms with E-state index in [2.05, 4.69) is 23.2 Å². The number of ether oxygens (including phenoxy) is 1. The molecule has 0 fully saturated rings. The molecule has 20 heavy (non-hydrogen) atoms.